The number of nitrogens with zero attached hydrogens (tertiary/aromatic N) is 5. The van der Waals surface area contributed by atoms with Gasteiger partial charge in [0.05, 0.1) is 31.4 Å². The summed E-state index contributed by atoms with van der Waals surface area (Å²) in [5.74, 6) is 0.0536. The van der Waals surface area contributed by atoms with Crippen LogP contribution in [0.3, 0.4) is 0 Å². The standard InChI is InChI=1S/C25H26FN5O5S/c1-15-10-17(12-27-11-15)25-30-29-22(31(25)23-20(35-3)6-5-7-21(23)36-4)14-37(33,34)16(2)24(32)19-9-8-18(26)13-28-19/h5-13,16,24,32H,14H2,1-4H3/t16-,24-/m0/s1. The number of aliphatic hydroxyl groups excluding tert-OH is 1. The van der Waals surface area contributed by atoms with Crippen LogP contribution in [-0.4, -0.2) is 57.7 Å². The molecular formula is C25H26FN5O5S. The Morgan fingerprint density at radius 3 is 2.35 bits per heavy atom. The molecule has 0 saturated heterocycles. The van der Waals surface area contributed by atoms with Crippen molar-refractivity contribution in [2.75, 3.05) is 14.2 Å². The molecule has 1 aromatic carbocycles. The molecule has 0 fully saturated rings. The normalized spacial score (nSPS) is 13.2. The average molecular weight is 528 g/mol. The summed E-state index contributed by atoms with van der Waals surface area (Å²) in [6, 6.07) is 9.36. The fourth-order valence-corrected chi connectivity index (χ4v) is 5.21. The van der Waals surface area contributed by atoms with Gasteiger partial charge in [0.1, 0.15) is 34.9 Å². The molecule has 194 valence electrons. The molecule has 10 nitrogen and oxygen atoms in total. The van der Waals surface area contributed by atoms with Gasteiger partial charge in [-0.1, -0.05) is 6.07 Å². The molecule has 1 N–H and O–H groups in total. The zero-order chi connectivity index (χ0) is 26.7. The van der Waals surface area contributed by atoms with Crippen molar-refractivity contribution in [3.05, 3.63) is 77.9 Å². The van der Waals surface area contributed by atoms with E-state index in [0.717, 1.165) is 17.8 Å². The number of benzene rings is 1. The van der Waals surface area contributed by atoms with Crippen LogP contribution >= 0.6 is 0 Å². The SMILES string of the molecule is COc1cccc(OC)c1-n1c(CS(=O)(=O)[C@@H](C)[C@H](O)c2ccc(F)cn2)nnc1-c1cncc(C)c1. The molecule has 0 aliphatic carbocycles. The van der Waals surface area contributed by atoms with Crippen LogP contribution in [-0.2, 0) is 15.6 Å². The number of aromatic nitrogens is 5. The van der Waals surface area contributed by atoms with E-state index in [1.165, 1.54) is 27.2 Å². The summed E-state index contributed by atoms with van der Waals surface area (Å²) in [6.07, 6.45) is 2.72. The van der Waals surface area contributed by atoms with Crippen LogP contribution in [0, 0.1) is 12.7 Å². The lowest BCUT2D eigenvalue weighted by atomic mass is 10.2. The minimum Gasteiger partial charge on any atom is -0.494 e. The molecule has 12 heteroatoms. The molecule has 0 spiro atoms. The van der Waals surface area contributed by atoms with Crippen molar-refractivity contribution in [2.24, 2.45) is 0 Å². The second-order valence-corrected chi connectivity index (χ2v) is 10.8. The average Bonchev–Trinajstić information content (AvgIpc) is 3.29. The van der Waals surface area contributed by atoms with Crippen molar-refractivity contribution in [3.63, 3.8) is 0 Å². The van der Waals surface area contributed by atoms with E-state index in [0.29, 0.717) is 28.6 Å². The highest BCUT2D eigenvalue weighted by atomic mass is 32.2. The molecule has 0 radical (unpaired) electrons. The van der Waals surface area contributed by atoms with Crippen LogP contribution in [0.15, 0.2) is 55.0 Å². The van der Waals surface area contributed by atoms with E-state index in [1.54, 1.807) is 35.2 Å². The van der Waals surface area contributed by atoms with Gasteiger partial charge in [-0.25, -0.2) is 12.8 Å². The van der Waals surface area contributed by atoms with E-state index in [4.69, 9.17) is 9.47 Å². The maximum Gasteiger partial charge on any atom is 0.170 e. The zero-order valence-electron chi connectivity index (χ0n) is 20.7. The highest BCUT2D eigenvalue weighted by Crippen LogP contribution is 2.37. The van der Waals surface area contributed by atoms with Crippen molar-refractivity contribution < 1.29 is 27.4 Å². The number of rotatable bonds is 9. The number of para-hydroxylation sites is 1. The number of halogens is 1. The van der Waals surface area contributed by atoms with E-state index in [1.807, 2.05) is 13.0 Å². The number of aryl methyl sites for hydroxylation is 1. The maximum absolute atomic E-state index is 13.5. The summed E-state index contributed by atoms with van der Waals surface area (Å²) in [6.45, 7) is 3.24. The first-order valence-electron chi connectivity index (χ1n) is 11.2. The molecule has 0 amide bonds. The first-order chi connectivity index (χ1) is 17.7. The van der Waals surface area contributed by atoms with Gasteiger partial charge in [0.2, 0.25) is 0 Å². The molecule has 37 heavy (non-hydrogen) atoms. The molecule has 3 heterocycles. The van der Waals surface area contributed by atoms with Crippen LogP contribution in [0.1, 0.15) is 30.1 Å². The number of pyridine rings is 2. The number of methoxy groups -OCH3 is 2. The Morgan fingerprint density at radius 2 is 1.76 bits per heavy atom. The third-order valence-corrected chi connectivity index (χ3v) is 7.93. The highest BCUT2D eigenvalue weighted by Gasteiger charge is 2.33. The Balaban J connectivity index is 1.83. The fraction of sp³-hybridized carbons (Fsp3) is 0.280. The van der Waals surface area contributed by atoms with E-state index < -0.39 is 32.8 Å². The monoisotopic (exact) mass is 527 g/mol. The molecule has 0 unspecified atom stereocenters. The van der Waals surface area contributed by atoms with Gasteiger partial charge < -0.3 is 14.6 Å². The van der Waals surface area contributed by atoms with Crippen LogP contribution in [0.4, 0.5) is 4.39 Å². The minimum absolute atomic E-state index is 0.0388. The van der Waals surface area contributed by atoms with Gasteiger partial charge in [0, 0.05) is 18.0 Å². The number of hydrogen-bond acceptors (Lipinski definition) is 9. The van der Waals surface area contributed by atoms with Crippen LogP contribution in [0.5, 0.6) is 11.5 Å². The Morgan fingerprint density at radius 1 is 1.05 bits per heavy atom. The zero-order valence-corrected chi connectivity index (χ0v) is 21.5. The second-order valence-electron chi connectivity index (χ2n) is 8.40. The summed E-state index contributed by atoms with van der Waals surface area (Å²) in [5.41, 5.74) is 1.92. The van der Waals surface area contributed by atoms with Crippen molar-refractivity contribution >= 4 is 9.84 Å². The second kappa shape index (κ2) is 10.6. The Bertz CT molecular complexity index is 1490. The quantitative estimate of drug-likeness (QED) is 0.349. The number of hydrogen-bond donors (Lipinski definition) is 1. The number of ether oxygens (including phenoxy) is 2. The molecule has 3 aromatic heterocycles. The lowest BCUT2D eigenvalue weighted by Gasteiger charge is -2.20. The smallest absolute Gasteiger partial charge is 0.170 e. The molecule has 0 aliphatic heterocycles. The third-order valence-electron chi connectivity index (χ3n) is 5.88. The minimum atomic E-state index is -4.02. The third kappa shape index (κ3) is 5.30. The van der Waals surface area contributed by atoms with Gasteiger partial charge in [-0.2, -0.15) is 0 Å². The van der Waals surface area contributed by atoms with Gasteiger partial charge in [0.25, 0.3) is 0 Å². The van der Waals surface area contributed by atoms with Gasteiger partial charge in [-0.3, -0.25) is 14.5 Å². The van der Waals surface area contributed by atoms with Crippen LogP contribution in [0.25, 0.3) is 17.1 Å². The predicted molar refractivity (Wildman–Crippen MR) is 134 cm³/mol. The van der Waals surface area contributed by atoms with E-state index >= 15 is 0 Å². The Kier molecular flexibility index (Phi) is 7.50. The maximum atomic E-state index is 13.5. The topological polar surface area (TPSA) is 129 Å². The fourth-order valence-electron chi connectivity index (χ4n) is 3.87. The number of aliphatic hydroxyl groups is 1. The summed E-state index contributed by atoms with van der Waals surface area (Å²) in [4.78, 5) is 8.05. The summed E-state index contributed by atoms with van der Waals surface area (Å²) >= 11 is 0. The Labute approximate surface area is 213 Å². The largest absolute Gasteiger partial charge is 0.494 e. The first kappa shape index (κ1) is 26.2. The molecule has 0 aliphatic rings. The number of sulfone groups is 1. The van der Waals surface area contributed by atoms with Crippen LogP contribution in [0.2, 0.25) is 0 Å². The van der Waals surface area contributed by atoms with Crippen molar-refractivity contribution in [1.82, 2.24) is 24.7 Å². The lowest BCUT2D eigenvalue weighted by Crippen LogP contribution is -2.28. The summed E-state index contributed by atoms with van der Waals surface area (Å²) < 4.78 is 52.9. The van der Waals surface area contributed by atoms with Crippen molar-refractivity contribution in [2.45, 2.75) is 31.0 Å². The van der Waals surface area contributed by atoms with Crippen molar-refractivity contribution in [1.29, 1.82) is 0 Å². The molecule has 4 rings (SSSR count). The van der Waals surface area contributed by atoms with Gasteiger partial charge in [-0.15, -0.1) is 10.2 Å². The van der Waals surface area contributed by atoms with E-state index in [2.05, 4.69) is 20.2 Å². The van der Waals surface area contributed by atoms with E-state index in [9.17, 15) is 17.9 Å². The Hall–Kier alpha value is -3.90. The van der Waals surface area contributed by atoms with Crippen LogP contribution < -0.4 is 9.47 Å². The highest BCUT2D eigenvalue weighted by molar-refractivity contribution is 7.91. The summed E-state index contributed by atoms with van der Waals surface area (Å²) in [7, 11) is -1.05. The molecule has 4 aromatic rings. The lowest BCUT2D eigenvalue weighted by molar-refractivity contribution is 0.171. The first-order valence-corrected chi connectivity index (χ1v) is 13.0. The van der Waals surface area contributed by atoms with Gasteiger partial charge in [0.15, 0.2) is 21.5 Å². The summed E-state index contributed by atoms with van der Waals surface area (Å²) in [5, 5.41) is 17.9. The van der Waals surface area contributed by atoms with Gasteiger partial charge in [-0.05, 0) is 49.7 Å². The van der Waals surface area contributed by atoms with E-state index in [-0.39, 0.29) is 11.5 Å². The molecule has 0 bridgehead atoms. The molecule has 0 saturated carbocycles. The predicted octanol–water partition coefficient (Wildman–Crippen LogP) is 3.23. The van der Waals surface area contributed by atoms with Crippen molar-refractivity contribution in [3.8, 4) is 28.6 Å². The van der Waals surface area contributed by atoms with Gasteiger partial charge >= 0.3 is 0 Å². The molecule has 2 atom stereocenters. The molecular weight excluding hydrogens is 501 g/mol.